The Hall–Kier alpha value is -7.14. The summed E-state index contributed by atoms with van der Waals surface area (Å²) in [6, 6.07) is 28.9. The molecule has 0 aromatic heterocycles. The van der Waals surface area contributed by atoms with Gasteiger partial charge in [0.25, 0.3) is 17.7 Å². The summed E-state index contributed by atoms with van der Waals surface area (Å²) in [4.78, 5) is 78.1. The fourth-order valence-corrected chi connectivity index (χ4v) is 8.27. The van der Waals surface area contributed by atoms with Crippen molar-refractivity contribution in [1.29, 1.82) is 0 Å². The van der Waals surface area contributed by atoms with Crippen LogP contribution in [0.25, 0.3) is 0 Å². The van der Waals surface area contributed by atoms with Crippen molar-refractivity contribution in [1.82, 2.24) is 15.1 Å². The molecule has 368 valence electrons. The van der Waals surface area contributed by atoms with Crippen LogP contribution in [0.1, 0.15) is 85.9 Å². The molecular formula is C52H64N6O11. The summed E-state index contributed by atoms with van der Waals surface area (Å²) in [6.07, 6.45) is 6.14. The van der Waals surface area contributed by atoms with Gasteiger partial charge in [0.05, 0.1) is 13.2 Å². The molecule has 4 aromatic carbocycles. The molecule has 0 saturated carbocycles. The molecule has 0 radical (unpaired) electrons. The number of carboxylic acid groups (broad SMARTS) is 1. The first-order valence-corrected chi connectivity index (χ1v) is 23.8. The molecule has 4 heterocycles. The van der Waals surface area contributed by atoms with Crippen LogP contribution in [-0.4, -0.2) is 128 Å². The largest absolute Gasteiger partial charge is 0.494 e. The number of likely N-dealkylation sites (tertiary alicyclic amines) is 2. The smallest absolute Gasteiger partial charge is 0.341 e. The van der Waals surface area contributed by atoms with Gasteiger partial charge in [-0.3, -0.25) is 24.0 Å². The van der Waals surface area contributed by atoms with Gasteiger partial charge in [-0.25, -0.2) is 4.79 Å². The van der Waals surface area contributed by atoms with Gasteiger partial charge in [0.2, 0.25) is 11.8 Å². The van der Waals surface area contributed by atoms with E-state index in [0.29, 0.717) is 74.6 Å². The number of hydrogen-bond acceptors (Lipinski definition) is 11. The fourth-order valence-electron chi connectivity index (χ4n) is 8.27. The number of carboxylic acids is 1. The molecule has 0 unspecified atom stereocenters. The Balaban J connectivity index is 0.000000188. The Labute approximate surface area is 403 Å². The number of anilines is 2. The van der Waals surface area contributed by atoms with E-state index in [2.05, 4.69) is 5.32 Å². The molecule has 4 aromatic rings. The Morgan fingerprint density at radius 1 is 0.551 bits per heavy atom. The third kappa shape index (κ3) is 15.4. The molecule has 8 rings (SSSR count). The first-order chi connectivity index (χ1) is 33.4. The van der Waals surface area contributed by atoms with Gasteiger partial charge in [-0.05, 0) is 149 Å². The highest BCUT2D eigenvalue weighted by atomic mass is 16.5. The molecule has 69 heavy (non-hydrogen) atoms. The number of amides is 5. The number of nitrogens with two attached hydrogens (primary N) is 1. The molecule has 0 bridgehead atoms. The molecule has 4 aliphatic heterocycles. The van der Waals surface area contributed by atoms with Gasteiger partial charge in [-0.2, -0.15) is 0 Å². The summed E-state index contributed by atoms with van der Waals surface area (Å²) in [5.74, 6) is 1.78. The highest BCUT2D eigenvalue weighted by Crippen LogP contribution is 2.26. The Bertz CT molecular complexity index is 2310. The number of carbonyl (C=O) groups is 6. The highest BCUT2D eigenvalue weighted by Gasteiger charge is 2.26. The van der Waals surface area contributed by atoms with Crippen molar-refractivity contribution in [2.24, 2.45) is 5.73 Å². The zero-order chi connectivity index (χ0) is 49.1. The van der Waals surface area contributed by atoms with Crippen LogP contribution in [0.2, 0.25) is 0 Å². The average Bonchev–Trinajstić information content (AvgIpc) is 4.01. The second-order valence-corrected chi connectivity index (χ2v) is 16.9. The minimum absolute atomic E-state index is 0.00441. The average molecular weight is 949 g/mol. The van der Waals surface area contributed by atoms with E-state index in [1.165, 1.54) is 0 Å². The summed E-state index contributed by atoms with van der Waals surface area (Å²) in [5.41, 5.74) is 8.87. The van der Waals surface area contributed by atoms with E-state index < -0.39 is 5.97 Å². The monoisotopic (exact) mass is 948 g/mol. The predicted octanol–water partition coefficient (Wildman–Crippen LogP) is 5.94. The van der Waals surface area contributed by atoms with Gasteiger partial charge in [0.15, 0.2) is 13.2 Å². The number of piperidine rings is 2. The standard InChI is InChI=1S/C26H31N3O5.C14H20N2O2.C12H13NO4/c1-2-33-22-9-5-19(6-10-22)26(32)28-16-13-20(14-17-28)27-24(30)18-34-23-11-7-21(8-12-23)29-15-3-4-25(29)31;1-2-18-13-5-3-11(4-6-13)14(17)16-9-7-12(15)8-10-16;14-11-2-1-7-13(11)9-3-5-10(6-4-9)17-8-12(15)16/h5-12,20H,2-4,13-18H2,1H3,(H,27,30);3-6,12H,2,7-10,15H2,1H3;3-6H,1-2,7-8H2,(H,15,16). The summed E-state index contributed by atoms with van der Waals surface area (Å²) < 4.78 is 21.4. The zero-order valence-corrected chi connectivity index (χ0v) is 39.5. The normalized spacial score (nSPS) is 16.2. The third-order valence-electron chi connectivity index (χ3n) is 12.0. The van der Waals surface area contributed by atoms with Crippen LogP contribution in [0.4, 0.5) is 11.4 Å². The lowest BCUT2D eigenvalue weighted by Crippen LogP contribution is -2.47. The summed E-state index contributed by atoms with van der Waals surface area (Å²) in [5, 5.41) is 11.5. The van der Waals surface area contributed by atoms with E-state index in [1.54, 1.807) is 58.3 Å². The number of aliphatic carboxylic acids is 1. The minimum atomic E-state index is -1.01. The van der Waals surface area contributed by atoms with Crippen LogP contribution in [-0.2, 0) is 19.2 Å². The third-order valence-corrected chi connectivity index (χ3v) is 12.0. The van der Waals surface area contributed by atoms with Crippen molar-refractivity contribution in [2.45, 2.75) is 77.3 Å². The van der Waals surface area contributed by atoms with Gasteiger partial charge in [-0.1, -0.05) is 0 Å². The first kappa shape index (κ1) is 51.3. The van der Waals surface area contributed by atoms with Crippen molar-refractivity contribution in [3.63, 3.8) is 0 Å². The Kier molecular flexibility index (Phi) is 19.2. The molecular weight excluding hydrogens is 885 g/mol. The molecule has 4 saturated heterocycles. The second kappa shape index (κ2) is 25.8. The summed E-state index contributed by atoms with van der Waals surface area (Å²) in [7, 11) is 0. The molecule has 17 heteroatoms. The number of benzene rings is 4. The highest BCUT2D eigenvalue weighted by molar-refractivity contribution is 5.96. The number of carbonyl (C=O) groups excluding carboxylic acids is 5. The topological polar surface area (TPSA) is 211 Å². The van der Waals surface area contributed by atoms with Crippen LogP contribution in [0.15, 0.2) is 97.1 Å². The molecule has 0 atom stereocenters. The van der Waals surface area contributed by atoms with E-state index in [-0.39, 0.29) is 54.8 Å². The van der Waals surface area contributed by atoms with E-state index in [1.807, 2.05) is 72.2 Å². The van der Waals surface area contributed by atoms with Crippen LogP contribution in [0.5, 0.6) is 23.0 Å². The van der Waals surface area contributed by atoms with Crippen molar-refractivity contribution < 1.29 is 52.8 Å². The van der Waals surface area contributed by atoms with Gasteiger partial charge >= 0.3 is 5.97 Å². The van der Waals surface area contributed by atoms with Crippen molar-refractivity contribution in [3.05, 3.63) is 108 Å². The van der Waals surface area contributed by atoms with Gasteiger partial charge < -0.3 is 54.7 Å². The maximum Gasteiger partial charge on any atom is 0.341 e. The van der Waals surface area contributed by atoms with Crippen LogP contribution in [0, 0.1) is 0 Å². The lowest BCUT2D eigenvalue weighted by Gasteiger charge is -2.32. The number of nitrogens with one attached hydrogen (secondary N) is 1. The number of ether oxygens (including phenoxy) is 4. The van der Waals surface area contributed by atoms with Crippen LogP contribution in [0.3, 0.4) is 0 Å². The summed E-state index contributed by atoms with van der Waals surface area (Å²) >= 11 is 0. The SMILES string of the molecule is CCOc1ccc(C(=O)N2CCC(N)CC2)cc1.CCOc1ccc(C(=O)N2CCC(NC(=O)COc3ccc(N4CCCC4=O)cc3)CC2)cc1.O=C(O)COc1ccc(N2CCCC2=O)cc1. The quantitative estimate of drug-likeness (QED) is 0.127. The molecule has 4 aliphatic rings. The molecule has 4 fully saturated rings. The van der Waals surface area contributed by atoms with E-state index >= 15 is 0 Å². The Morgan fingerprint density at radius 2 is 0.928 bits per heavy atom. The molecule has 4 N–H and O–H groups in total. The molecule has 0 spiro atoms. The van der Waals surface area contributed by atoms with E-state index in [9.17, 15) is 28.8 Å². The fraction of sp³-hybridized carbons (Fsp3) is 0.423. The van der Waals surface area contributed by atoms with Gasteiger partial charge in [0, 0.05) is 86.7 Å². The zero-order valence-electron chi connectivity index (χ0n) is 39.5. The number of rotatable bonds is 15. The Morgan fingerprint density at radius 3 is 1.30 bits per heavy atom. The molecule has 17 nitrogen and oxygen atoms in total. The molecule has 0 aliphatic carbocycles. The van der Waals surface area contributed by atoms with Crippen molar-refractivity contribution in [2.75, 3.05) is 75.5 Å². The van der Waals surface area contributed by atoms with Gasteiger partial charge in [0.1, 0.15) is 23.0 Å². The maximum absolute atomic E-state index is 12.7. The number of nitrogens with zero attached hydrogens (tertiary/aromatic N) is 4. The van der Waals surface area contributed by atoms with Gasteiger partial charge in [-0.15, -0.1) is 0 Å². The molecule has 5 amide bonds. The van der Waals surface area contributed by atoms with E-state index in [4.69, 9.17) is 29.8 Å². The lowest BCUT2D eigenvalue weighted by molar-refractivity contribution is -0.139. The van der Waals surface area contributed by atoms with Crippen molar-refractivity contribution >= 4 is 46.9 Å². The van der Waals surface area contributed by atoms with Crippen LogP contribution < -0.4 is 39.8 Å². The lowest BCUT2D eigenvalue weighted by atomic mass is 10.0. The first-order valence-electron chi connectivity index (χ1n) is 23.8. The summed E-state index contributed by atoms with van der Waals surface area (Å²) in [6.45, 7) is 8.84. The number of hydrogen-bond donors (Lipinski definition) is 3. The maximum atomic E-state index is 12.7. The predicted molar refractivity (Wildman–Crippen MR) is 260 cm³/mol. The second-order valence-electron chi connectivity index (χ2n) is 16.9. The minimum Gasteiger partial charge on any atom is -0.494 e. The van der Waals surface area contributed by atoms with Crippen molar-refractivity contribution in [3.8, 4) is 23.0 Å². The van der Waals surface area contributed by atoms with Crippen LogP contribution >= 0.6 is 0 Å². The van der Waals surface area contributed by atoms with E-state index in [0.717, 1.165) is 74.7 Å².